The first-order valence-corrected chi connectivity index (χ1v) is 6.82. The quantitative estimate of drug-likeness (QED) is 0.926. The van der Waals surface area contributed by atoms with E-state index < -0.39 is 17.4 Å². The summed E-state index contributed by atoms with van der Waals surface area (Å²) >= 11 is 0. The van der Waals surface area contributed by atoms with Gasteiger partial charge in [-0.3, -0.25) is 4.79 Å². The fourth-order valence-electron chi connectivity index (χ4n) is 2.57. The normalized spacial score (nSPS) is 19.5. The standard InChI is InChI=1S/C15H19F2NO2/c1-14(16,17)15(20,12-8-4-2-5-9-12)13(19)18-10-6-3-7-11-18/h2,4-5,8-9,20H,3,6-7,10-11H2,1H3/t15-/m0/s1. The molecular formula is C15H19F2NO2. The second-order valence-electron chi connectivity index (χ2n) is 5.32. The van der Waals surface area contributed by atoms with Gasteiger partial charge in [-0.2, -0.15) is 0 Å². The van der Waals surface area contributed by atoms with Gasteiger partial charge in [0.15, 0.2) is 0 Å². The summed E-state index contributed by atoms with van der Waals surface area (Å²) in [6, 6.07) is 7.45. The van der Waals surface area contributed by atoms with Crippen LogP contribution in [0.3, 0.4) is 0 Å². The lowest BCUT2D eigenvalue weighted by atomic mass is 9.86. The molecule has 1 amide bonds. The smallest absolute Gasteiger partial charge is 0.286 e. The minimum atomic E-state index is -3.55. The highest BCUT2D eigenvalue weighted by molar-refractivity contribution is 5.87. The molecule has 20 heavy (non-hydrogen) atoms. The number of alkyl halides is 2. The average Bonchev–Trinajstić information content (AvgIpc) is 2.46. The summed E-state index contributed by atoms with van der Waals surface area (Å²) < 4.78 is 27.9. The van der Waals surface area contributed by atoms with Crippen LogP contribution in [0.4, 0.5) is 8.78 Å². The van der Waals surface area contributed by atoms with Crippen LogP contribution in [0.25, 0.3) is 0 Å². The van der Waals surface area contributed by atoms with E-state index in [0.29, 0.717) is 20.0 Å². The third-order valence-electron chi connectivity index (χ3n) is 3.78. The van der Waals surface area contributed by atoms with E-state index in [1.165, 1.54) is 29.2 Å². The highest BCUT2D eigenvalue weighted by Crippen LogP contribution is 2.39. The molecule has 1 atom stereocenters. The maximum Gasteiger partial charge on any atom is 0.286 e. The number of hydrogen-bond donors (Lipinski definition) is 1. The van der Waals surface area contributed by atoms with Crippen LogP contribution in [0, 0.1) is 0 Å². The number of rotatable bonds is 3. The third-order valence-corrected chi connectivity index (χ3v) is 3.78. The van der Waals surface area contributed by atoms with Crippen LogP contribution in [0.1, 0.15) is 31.7 Å². The number of piperidine rings is 1. The van der Waals surface area contributed by atoms with Crippen LogP contribution >= 0.6 is 0 Å². The Hall–Kier alpha value is -1.49. The Balaban J connectivity index is 2.40. The summed E-state index contributed by atoms with van der Waals surface area (Å²) in [4.78, 5) is 13.8. The zero-order valence-corrected chi connectivity index (χ0v) is 11.5. The van der Waals surface area contributed by atoms with Crippen molar-refractivity contribution in [2.75, 3.05) is 13.1 Å². The van der Waals surface area contributed by atoms with Crippen molar-refractivity contribution in [1.29, 1.82) is 0 Å². The predicted octanol–water partition coefficient (Wildman–Crippen LogP) is 2.54. The lowest BCUT2D eigenvalue weighted by Gasteiger charge is -2.38. The molecule has 1 aromatic carbocycles. The van der Waals surface area contributed by atoms with E-state index in [2.05, 4.69) is 0 Å². The van der Waals surface area contributed by atoms with E-state index in [9.17, 15) is 18.7 Å². The first-order valence-electron chi connectivity index (χ1n) is 6.82. The average molecular weight is 283 g/mol. The largest absolute Gasteiger partial charge is 0.371 e. The molecule has 0 spiro atoms. The molecule has 0 radical (unpaired) electrons. The van der Waals surface area contributed by atoms with Crippen LogP contribution in [-0.2, 0) is 10.4 Å². The number of carbonyl (C=O) groups is 1. The topological polar surface area (TPSA) is 40.5 Å². The zero-order chi connectivity index (χ0) is 14.8. The van der Waals surface area contributed by atoms with Crippen molar-refractivity contribution in [3.8, 4) is 0 Å². The van der Waals surface area contributed by atoms with Gasteiger partial charge in [0, 0.05) is 20.0 Å². The van der Waals surface area contributed by atoms with Crippen LogP contribution in [0.5, 0.6) is 0 Å². The number of benzene rings is 1. The molecule has 1 aliphatic heterocycles. The van der Waals surface area contributed by atoms with Crippen molar-refractivity contribution in [1.82, 2.24) is 4.90 Å². The molecule has 1 aliphatic rings. The Bertz CT molecular complexity index is 467. The van der Waals surface area contributed by atoms with E-state index >= 15 is 0 Å². The molecule has 1 aromatic rings. The summed E-state index contributed by atoms with van der Waals surface area (Å²) in [5.41, 5.74) is -2.87. The second kappa shape index (κ2) is 5.48. The molecule has 110 valence electrons. The van der Waals surface area contributed by atoms with Gasteiger partial charge < -0.3 is 10.0 Å². The van der Waals surface area contributed by atoms with Crippen molar-refractivity contribution in [3.63, 3.8) is 0 Å². The summed E-state index contributed by atoms with van der Waals surface area (Å²) in [7, 11) is 0. The predicted molar refractivity (Wildman–Crippen MR) is 71.4 cm³/mol. The Labute approximate surface area is 117 Å². The fraction of sp³-hybridized carbons (Fsp3) is 0.533. The maximum atomic E-state index is 14.0. The van der Waals surface area contributed by atoms with E-state index in [4.69, 9.17) is 0 Å². The number of halogens is 2. The van der Waals surface area contributed by atoms with E-state index in [1.54, 1.807) is 6.07 Å². The fourth-order valence-corrected chi connectivity index (χ4v) is 2.57. The molecule has 2 rings (SSSR count). The molecule has 3 nitrogen and oxygen atoms in total. The highest BCUT2D eigenvalue weighted by Gasteiger charge is 2.57. The van der Waals surface area contributed by atoms with E-state index in [1.807, 2.05) is 0 Å². The molecule has 0 aromatic heterocycles. The van der Waals surface area contributed by atoms with Gasteiger partial charge in [0.1, 0.15) is 0 Å². The van der Waals surface area contributed by atoms with E-state index in [-0.39, 0.29) is 5.56 Å². The Morgan fingerprint density at radius 1 is 1.15 bits per heavy atom. The van der Waals surface area contributed by atoms with Crippen molar-refractivity contribution in [3.05, 3.63) is 35.9 Å². The lowest BCUT2D eigenvalue weighted by Crippen LogP contribution is -2.57. The van der Waals surface area contributed by atoms with Crippen LogP contribution < -0.4 is 0 Å². The second-order valence-corrected chi connectivity index (χ2v) is 5.32. The summed E-state index contributed by atoms with van der Waals surface area (Å²) in [5, 5.41) is 10.5. The van der Waals surface area contributed by atoms with Crippen LogP contribution in [0.2, 0.25) is 0 Å². The zero-order valence-electron chi connectivity index (χ0n) is 11.5. The molecule has 5 heteroatoms. The molecule has 1 fully saturated rings. The molecule has 1 saturated heterocycles. The molecule has 0 bridgehead atoms. The maximum absolute atomic E-state index is 14.0. The molecule has 1 N–H and O–H groups in total. The molecule has 0 aliphatic carbocycles. The third kappa shape index (κ3) is 2.54. The highest BCUT2D eigenvalue weighted by atomic mass is 19.3. The molecule has 0 unspecified atom stereocenters. The lowest BCUT2D eigenvalue weighted by molar-refractivity contribution is -0.199. The first kappa shape index (κ1) is 14.9. The monoisotopic (exact) mass is 283 g/mol. The molecule has 1 heterocycles. The number of hydrogen-bond acceptors (Lipinski definition) is 2. The Morgan fingerprint density at radius 2 is 1.70 bits per heavy atom. The number of aliphatic hydroxyl groups is 1. The van der Waals surface area contributed by atoms with Gasteiger partial charge in [0.05, 0.1) is 0 Å². The van der Waals surface area contributed by atoms with Crippen LogP contribution in [0.15, 0.2) is 30.3 Å². The summed E-state index contributed by atoms with van der Waals surface area (Å²) in [6.45, 7) is 1.43. The van der Waals surface area contributed by atoms with Crippen molar-refractivity contribution in [2.24, 2.45) is 0 Å². The SMILES string of the molecule is CC(F)(F)[C@@](O)(C(=O)N1CCCCC1)c1ccccc1. The number of likely N-dealkylation sites (tertiary alicyclic amines) is 1. The minimum Gasteiger partial charge on any atom is -0.371 e. The van der Waals surface area contributed by atoms with Gasteiger partial charge >= 0.3 is 0 Å². The summed E-state index contributed by atoms with van der Waals surface area (Å²) in [5.74, 6) is -4.46. The summed E-state index contributed by atoms with van der Waals surface area (Å²) in [6.07, 6.45) is 2.55. The van der Waals surface area contributed by atoms with Crippen LogP contribution in [-0.4, -0.2) is 34.9 Å². The van der Waals surface area contributed by atoms with Gasteiger partial charge in [0.2, 0.25) is 5.60 Å². The van der Waals surface area contributed by atoms with Crippen molar-refractivity contribution in [2.45, 2.75) is 37.7 Å². The van der Waals surface area contributed by atoms with E-state index in [0.717, 1.165) is 19.3 Å². The Kier molecular flexibility index (Phi) is 4.09. The van der Waals surface area contributed by atoms with Gasteiger partial charge in [0.25, 0.3) is 11.8 Å². The first-order chi connectivity index (χ1) is 9.37. The Morgan fingerprint density at radius 3 is 2.20 bits per heavy atom. The van der Waals surface area contributed by atoms with Crippen molar-refractivity contribution >= 4 is 5.91 Å². The van der Waals surface area contributed by atoms with Crippen molar-refractivity contribution < 1.29 is 18.7 Å². The number of carbonyl (C=O) groups excluding carboxylic acids is 1. The number of amides is 1. The molecule has 0 saturated carbocycles. The van der Waals surface area contributed by atoms with Gasteiger partial charge in [-0.05, 0) is 24.8 Å². The van der Waals surface area contributed by atoms with Gasteiger partial charge in [-0.25, -0.2) is 8.78 Å². The number of nitrogens with zero attached hydrogens (tertiary/aromatic N) is 1. The van der Waals surface area contributed by atoms with Gasteiger partial charge in [-0.1, -0.05) is 30.3 Å². The van der Waals surface area contributed by atoms with Gasteiger partial charge in [-0.15, -0.1) is 0 Å². The molecular weight excluding hydrogens is 264 g/mol. The minimum absolute atomic E-state index is 0.0666.